The maximum atomic E-state index is 13.6. The van der Waals surface area contributed by atoms with E-state index in [-0.39, 0.29) is 5.83 Å². The molecule has 2 heterocycles. The zero-order valence-electron chi connectivity index (χ0n) is 8.62. The lowest BCUT2D eigenvalue weighted by molar-refractivity contribution is 0.515. The lowest BCUT2D eigenvalue weighted by Gasteiger charge is -2.28. The molecule has 0 saturated carbocycles. The predicted octanol–water partition coefficient (Wildman–Crippen LogP) is 4.22. The molecule has 0 unspecified atom stereocenters. The van der Waals surface area contributed by atoms with Crippen molar-refractivity contribution in [1.29, 1.82) is 0 Å². The Balaban J connectivity index is 2.19. The van der Waals surface area contributed by atoms with Gasteiger partial charge in [-0.25, -0.2) is 9.38 Å². The third-order valence-corrected chi connectivity index (χ3v) is 3.24. The summed E-state index contributed by atoms with van der Waals surface area (Å²) in [5, 5.41) is 1.06. The number of allylic oxidation sites excluding steroid dienone is 2. The molecule has 0 atom stereocenters. The molecule has 17 heavy (non-hydrogen) atoms. The first kappa shape index (κ1) is 10.8. The van der Waals surface area contributed by atoms with E-state index < -0.39 is 0 Å². The second kappa shape index (κ2) is 3.86. The van der Waals surface area contributed by atoms with Crippen LogP contribution in [-0.2, 0) is 6.54 Å². The van der Waals surface area contributed by atoms with Gasteiger partial charge in [0.2, 0.25) is 0 Å². The van der Waals surface area contributed by atoms with Gasteiger partial charge < -0.3 is 4.90 Å². The number of benzene rings is 1. The molecular formula is C12H7Cl2FN2. The van der Waals surface area contributed by atoms with E-state index in [1.165, 1.54) is 6.08 Å². The van der Waals surface area contributed by atoms with Crippen molar-refractivity contribution in [3.63, 3.8) is 0 Å². The van der Waals surface area contributed by atoms with Crippen LogP contribution in [0.25, 0.3) is 0 Å². The average molecular weight is 269 g/mol. The first-order valence-electron chi connectivity index (χ1n) is 5.03. The van der Waals surface area contributed by atoms with Crippen LogP contribution in [0.4, 0.5) is 10.1 Å². The summed E-state index contributed by atoms with van der Waals surface area (Å²) < 4.78 is 13.6. The normalized spacial score (nSPS) is 17.2. The van der Waals surface area contributed by atoms with Crippen LogP contribution >= 0.6 is 23.2 Å². The van der Waals surface area contributed by atoms with Crippen LogP contribution in [0.15, 0.2) is 41.3 Å². The molecule has 0 aromatic heterocycles. The Morgan fingerprint density at radius 3 is 2.94 bits per heavy atom. The molecule has 2 aliphatic rings. The molecule has 0 radical (unpaired) electrons. The largest absolute Gasteiger partial charge is 0.326 e. The van der Waals surface area contributed by atoms with Gasteiger partial charge in [-0.15, -0.1) is 0 Å². The molecular weight excluding hydrogens is 262 g/mol. The van der Waals surface area contributed by atoms with E-state index in [1.807, 2.05) is 0 Å². The fraction of sp³-hybridized carbons (Fsp3) is 0.0833. The minimum atomic E-state index is -0.353. The molecule has 0 fully saturated rings. The fourth-order valence-electron chi connectivity index (χ4n) is 1.89. The number of amidine groups is 1. The highest BCUT2D eigenvalue weighted by Gasteiger charge is 2.24. The Morgan fingerprint density at radius 1 is 1.29 bits per heavy atom. The Hall–Kier alpha value is -1.32. The second-order valence-electron chi connectivity index (χ2n) is 3.80. The van der Waals surface area contributed by atoms with Crippen molar-refractivity contribution < 1.29 is 4.39 Å². The van der Waals surface area contributed by atoms with Crippen molar-refractivity contribution in [3.8, 4) is 0 Å². The summed E-state index contributed by atoms with van der Waals surface area (Å²) in [5.74, 6) is -0.0485. The van der Waals surface area contributed by atoms with E-state index in [1.54, 1.807) is 29.3 Å². The standard InChI is InChI=1S/C12H7Cl2FN2/c13-7-4-9(14)8-6-17-3-1-2-10(15)12(17)16-11(8)5-7/h1-5H,6H2. The quantitative estimate of drug-likeness (QED) is 0.688. The Bertz CT molecular complexity index is 590. The number of hydrogen-bond acceptors (Lipinski definition) is 2. The van der Waals surface area contributed by atoms with Crippen molar-refractivity contribution in [2.24, 2.45) is 4.99 Å². The molecule has 0 amide bonds. The van der Waals surface area contributed by atoms with E-state index in [4.69, 9.17) is 23.2 Å². The smallest absolute Gasteiger partial charge is 0.169 e. The zero-order valence-corrected chi connectivity index (χ0v) is 10.1. The van der Waals surface area contributed by atoms with Gasteiger partial charge in [0, 0.05) is 21.8 Å². The minimum absolute atomic E-state index is 0.304. The van der Waals surface area contributed by atoms with Crippen molar-refractivity contribution in [2.75, 3.05) is 0 Å². The topological polar surface area (TPSA) is 15.6 Å². The maximum absolute atomic E-state index is 13.6. The van der Waals surface area contributed by atoms with Gasteiger partial charge in [-0.3, -0.25) is 0 Å². The summed E-state index contributed by atoms with van der Waals surface area (Å²) >= 11 is 12.0. The molecule has 0 bridgehead atoms. The van der Waals surface area contributed by atoms with Crippen molar-refractivity contribution >= 4 is 34.7 Å². The number of rotatable bonds is 0. The van der Waals surface area contributed by atoms with Crippen LogP contribution in [0, 0.1) is 0 Å². The highest BCUT2D eigenvalue weighted by Crippen LogP contribution is 2.36. The van der Waals surface area contributed by atoms with Gasteiger partial charge in [-0.1, -0.05) is 23.2 Å². The number of nitrogens with zero attached hydrogens (tertiary/aromatic N) is 2. The first-order valence-corrected chi connectivity index (χ1v) is 5.78. The van der Waals surface area contributed by atoms with Gasteiger partial charge in [0.1, 0.15) is 0 Å². The first-order chi connectivity index (χ1) is 8.15. The predicted molar refractivity (Wildman–Crippen MR) is 67.4 cm³/mol. The fourth-order valence-corrected chi connectivity index (χ4v) is 2.43. The molecule has 5 heteroatoms. The molecule has 1 aromatic carbocycles. The van der Waals surface area contributed by atoms with Crippen LogP contribution in [0.5, 0.6) is 0 Å². The molecule has 0 N–H and O–H groups in total. The van der Waals surface area contributed by atoms with Gasteiger partial charge in [0.25, 0.3) is 0 Å². The highest BCUT2D eigenvalue weighted by molar-refractivity contribution is 6.35. The van der Waals surface area contributed by atoms with E-state index in [2.05, 4.69) is 4.99 Å². The molecule has 3 rings (SSSR count). The molecule has 86 valence electrons. The monoisotopic (exact) mass is 268 g/mol. The lowest BCUT2D eigenvalue weighted by Crippen LogP contribution is -2.30. The third-order valence-electron chi connectivity index (χ3n) is 2.69. The number of halogens is 3. The van der Waals surface area contributed by atoms with E-state index in [0.29, 0.717) is 28.1 Å². The Labute approximate surface area is 108 Å². The number of fused-ring (bicyclic) bond motifs is 2. The second-order valence-corrected chi connectivity index (χ2v) is 4.65. The summed E-state index contributed by atoms with van der Waals surface area (Å²) in [6.45, 7) is 0.502. The van der Waals surface area contributed by atoms with Crippen LogP contribution in [-0.4, -0.2) is 10.7 Å². The SMILES string of the molecule is FC1=CC=CN2Cc3c(Cl)cc(Cl)cc3N=C12. The van der Waals surface area contributed by atoms with Gasteiger partial charge in [-0.05, 0) is 24.3 Å². The summed E-state index contributed by atoms with van der Waals surface area (Å²) in [4.78, 5) is 5.97. The Morgan fingerprint density at radius 2 is 2.12 bits per heavy atom. The summed E-state index contributed by atoms with van der Waals surface area (Å²) in [7, 11) is 0. The molecule has 0 aliphatic carbocycles. The summed E-state index contributed by atoms with van der Waals surface area (Å²) in [6, 6.07) is 3.36. The maximum Gasteiger partial charge on any atom is 0.169 e. The summed E-state index contributed by atoms with van der Waals surface area (Å²) in [5.41, 5.74) is 1.49. The van der Waals surface area contributed by atoms with E-state index >= 15 is 0 Å². The van der Waals surface area contributed by atoms with Crippen LogP contribution < -0.4 is 0 Å². The van der Waals surface area contributed by atoms with Crippen LogP contribution in [0.2, 0.25) is 10.0 Å². The van der Waals surface area contributed by atoms with Crippen molar-refractivity contribution in [1.82, 2.24) is 4.90 Å². The van der Waals surface area contributed by atoms with Gasteiger partial charge in [0.05, 0.1) is 12.2 Å². The molecule has 0 spiro atoms. The molecule has 0 saturated heterocycles. The van der Waals surface area contributed by atoms with Gasteiger partial charge in [0.15, 0.2) is 11.7 Å². The molecule has 2 nitrogen and oxygen atoms in total. The molecule has 2 aliphatic heterocycles. The van der Waals surface area contributed by atoms with E-state index in [9.17, 15) is 4.39 Å². The highest BCUT2D eigenvalue weighted by atomic mass is 35.5. The van der Waals surface area contributed by atoms with Gasteiger partial charge in [-0.2, -0.15) is 0 Å². The van der Waals surface area contributed by atoms with Crippen LogP contribution in [0.3, 0.4) is 0 Å². The van der Waals surface area contributed by atoms with Crippen molar-refractivity contribution in [2.45, 2.75) is 6.54 Å². The van der Waals surface area contributed by atoms with E-state index in [0.717, 1.165) is 5.56 Å². The van der Waals surface area contributed by atoms with Crippen LogP contribution in [0.1, 0.15) is 5.56 Å². The third kappa shape index (κ3) is 1.75. The minimum Gasteiger partial charge on any atom is -0.326 e. The Kier molecular flexibility index (Phi) is 2.45. The number of hydrogen-bond donors (Lipinski definition) is 0. The van der Waals surface area contributed by atoms with Gasteiger partial charge >= 0.3 is 0 Å². The zero-order chi connectivity index (χ0) is 12.0. The average Bonchev–Trinajstić information content (AvgIpc) is 2.28. The lowest BCUT2D eigenvalue weighted by atomic mass is 10.1. The van der Waals surface area contributed by atoms with Crippen molar-refractivity contribution in [3.05, 3.63) is 51.9 Å². The number of aliphatic imine (C=N–C) groups is 1. The summed E-state index contributed by atoms with van der Waals surface area (Å²) in [6.07, 6.45) is 4.80. The molecule has 1 aromatic rings.